The molecule has 0 bridgehead atoms. The molecule has 0 saturated carbocycles. The zero-order valence-corrected chi connectivity index (χ0v) is 9.75. The summed E-state index contributed by atoms with van der Waals surface area (Å²) in [6.07, 6.45) is 2.70. The van der Waals surface area contributed by atoms with Crippen LogP contribution in [-0.4, -0.2) is 30.4 Å². The van der Waals surface area contributed by atoms with Crippen LogP contribution in [0.5, 0.6) is 0 Å². The molecule has 2 aromatic rings. The van der Waals surface area contributed by atoms with Gasteiger partial charge in [-0.2, -0.15) is 4.37 Å². The van der Waals surface area contributed by atoms with Gasteiger partial charge in [0.25, 0.3) is 0 Å². The van der Waals surface area contributed by atoms with E-state index in [0.717, 1.165) is 0 Å². The summed E-state index contributed by atoms with van der Waals surface area (Å²) in [5.41, 5.74) is -0.0776. The van der Waals surface area contributed by atoms with Gasteiger partial charge >= 0.3 is 5.97 Å². The molecule has 0 aliphatic carbocycles. The number of aromatic nitrogens is 4. The maximum Gasteiger partial charge on any atom is 0.356 e. The van der Waals surface area contributed by atoms with Gasteiger partial charge < -0.3 is 5.11 Å². The molecule has 0 unspecified atom stereocenters. The Balaban J connectivity index is 2.21. The Kier molecular flexibility index (Phi) is 3.11. The molecule has 1 N–H and O–H groups in total. The van der Waals surface area contributed by atoms with Crippen molar-refractivity contribution in [3.05, 3.63) is 23.9 Å². The van der Waals surface area contributed by atoms with E-state index in [1.807, 2.05) is 0 Å². The first-order chi connectivity index (χ1) is 7.65. The van der Waals surface area contributed by atoms with E-state index in [2.05, 4.69) is 19.3 Å². The van der Waals surface area contributed by atoms with Crippen LogP contribution in [-0.2, 0) is 0 Å². The highest BCUT2D eigenvalue weighted by atomic mass is 32.2. The van der Waals surface area contributed by atoms with Crippen molar-refractivity contribution in [2.75, 3.05) is 0 Å². The molecule has 0 saturated heterocycles. The largest absolute Gasteiger partial charge is 0.476 e. The fourth-order valence-electron chi connectivity index (χ4n) is 0.909. The van der Waals surface area contributed by atoms with Crippen LogP contribution in [0.2, 0.25) is 0 Å². The van der Waals surface area contributed by atoms with Gasteiger partial charge in [0.1, 0.15) is 10.9 Å². The molecular formula is C8H6N4O2S2. The van der Waals surface area contributed by atoms with E-state index in [4.69, 9.17) is 5.11 Å². The second-order valence-corrected chi connectivity index (χ2v) is 4.78. The van der Waals surface area contributed by atoms with Gasteiger partial charge in [0.05, 0.1) is 12.4 Å². The minimum Gasteiger partial charge on any atom is -0.476 e. The Labute approximate surface area is 99.0 Å². The zero-order valence-electron chi connectivity index (χ0n) is 8.12. The minimum absolute atomic E-state index is 0.0776. The van der Waals surface area contributed by atoms with Gasteiger partial charge in [-0.25, -0.2) is 14.8 Å². The van der Waals surface area contributed by atoms with Crippen molar-refractivity contribution in [3.63, 3.8) is 0 Å². The van der Waals surface area contributed by atoms with Crippen molar-refractivity contribution in [2.24, 2.45) is 0 Å². The van der Waals surface area contributed by atoms with Gasteiger partial charge in [0.2, 0.25) is 0 Å². The molecule has 82 valence electrons. The van der Waals surface area contributed by atoms with Gasteiger partial charge in [-0.15, -0.1) is 0 Å². The van der Waals surface area contributed by atoms with Gasteiger partial charge in [-0.1, -0.05) is 0 Å². The van der Waals surface area contributed by atoms with Crippen LogP contribution in [0.4, 0.5) is 0 Å². The first-order valence-electron chi connectivity index (χ1n) is 4.18. The molecule has 0 aromatic carbocycles. The van der Waals surface area contributed by atoms with Gasteiger partial charge in [0.15, 0.2) is 10.0 Å². The molecule has 2 aromatic heterocycles. The van der Waals surface area contributed by atoms with Crippen LogP contribution in [0.1, 0.15) is 16.3 Å². The Morgan fingerprint density at radius 2 is 2.25 bits per heavy atom. The Morgan fingerprint density at radius 3 is 2.88 bits per heavy atom. The molecule has 6 nitrogen and oxygen atoms in total. The number of carboxylic acid groups (broad SMARTS) is 1. The van der Waals surface area contributed by atoms with Crippen molar-refractivity contribution >= 4 is 29.3 Å². The zero-order chi connectivity index (χ0) is 11.5. The lowest BCUT2D eigenvalue weighted by Gasteiger charge is -1.96. The van der Waals surface area contributed by atoms with E-state index < -0.39 is 5.97 Å². The average Bonchev–Trinajstić information content (AvgIpc) is 2.64. The van der Waals surface area contributed by atoms with Crippen LogP contribution in [0.25, 0.3) is 0 Å². The quantitative estimate of drug-likeness (QED) is 0.887. The molecule has 0 spiro atoms. The predicted octanol–water partition coefficient (Wildman–Crippen LogP) is 1.49. The standard InChI is InChI=1S/C8H6N4O2S2/c1-4-10-8(16-12-4)15-6-3-9-2-5(11-6)7(13)14/h2-3H,1H3,(H,13,14). The Hall–Kier alpha value is -1.54. The summed E-state index contributed by atoms with van der Waals surface area (Å²) < 4.78 is 4.73. The van der Waals surface area contributed by atoms with E-state index >= 15 is 0 Å². The number of carbonyl (C=O) groups is 1. The third-order valence-corrected chi connectivity index (χ3v) is 3.28. The number of nitrogens with zero attached hydrogens (tertiary/aromatic N) is 4. The molecule has 0 radical (unpaired) electrons. The lowest BCUT2D eigenvalue weighted by molar-refractivity contribution is 0.0689. The maximum absolute atomic E-state index is 10.7. The van der Waals surface area contributed by atoms with E-state index in [-0.39, 0.29) is 5.69 Å². The molecule has 0 atom stereocenters. The lowest BCUT2D eigenvalue weighted by Crippen LogP contribution is -2.01. The summed E-state index contributed by atoms with van der Waals surface area (Å²) in [5.74, 6) is -0.404. The summed E-state index contributed by atoms with van der Waals surface area (Å²) >= 11 is 2.49. The lowest BCUT2D eigenvalue weighted by atomic mass is 10.5. The Bertz CT molecular complexity index is 528. The van der Waals surface area contributed by atoms with E-state index in [9.17, 15) is 4.79 Å². The third kappa shape index (κ3) is 2.52. The van der Waals surface area contributed by atoms with Crippen molar-refractivity contribution < 1.29 is 9.90 Å². The smallest absolute Gasteiger partial charge is 0.356 e. The molecule has 2 heterocycles. The molecule has 0 fully saturated rings. The molecule has 16 heavy (non-hydrogen) atoms. The normalized spacial score (nSPS) is 10.3. The molecule has 0 aliphatic rings. The van der Waals surface area contributed by atoms with Crippen molar-refractivity contribution in [3.8, 4) is 0 Å². The predicted molar refractivity (Wildman–Crippen MR) is 57.8 cm³/mol. The molecule has 0 amide bonds. The Morgan fingerprint density at radius 1 is 1.44 bits per heavy atom. The van der Waals surface area contributed by atoms with Crippen LogP contribution in [0, 0.1) is 6.92 Å². The highest BCUT2D eigenvalue weighted by Crippen LogP contribution is 2.26. The molecule has 8 heteroatoms. The second-order valence-electron chi connectivity index (χ2n) is 2.76. The first-order valence-corrected chi connectivity index (χ1v) is 5.77. The van der Waals surface area contributed by atoms with E-state index in [0.29, 0.717) is 15.2 Å². The summed E-state index contributed by atoms with van der Waals surface area (Å²) in [6.45, 7) is 1.79. The summed E-state index contributed by atoms with van der Waals surface area (Å²) in [6, 6.07) is 0. The van der Waals surface area contributed by atoms with Crippen molar-refractivity contribution in [1.82, 2.24) is 19.3 Å². The molecular weight excluding hydrogens is 248 g/mol. The van der Waals surface area contributed by atoms with Crippen LogP contribution < -0.4 is 0 Å². The third-order valence-electron chi connectivity index (χ3n) is 1.53. The van der Waals surface area contributed by atoms with Crippen LogP contribution in [0.3, 0.4) is 0 Å². The van der Waals surface area contributed by atoms with Gasteiger partial charge in [0, 0.05) is 0 Å². The highest BCUT2D eigenvalue weighted by molar-refractivity contribution is 8.00. The average molecular weight is 254 g/mol. The number of hydrogen-bond acceptors (Lipinski definition) is 7. The van der Waals surface area contributed by atoms with Gasteiger partial charge in [-0.05, 0) is 30.2 Å². The fraction of sp³-hybridized carbons (Fsp3) is 0.125. The summed E-state index contributed by atoms with van der Waals surface area (Å²) in [7, 11) is 0. The number of aryl methyl sites for hydroxylation is 1. The fourth-order valence-corrected chi connectivity index (χ4v) is 2.46. The van der Waals surface area contributed by atoms with Crippen molar-refractivity contribution in [2.45, 2.75) is 16.3 Å². The van der Waals surface area contributed by atoms with Crippen molar-refractivity contribution in [1.29, 1.82) is 0 Å². The summed E-state index contributed by atoms with van der Waals surface area (Å²) in [5, 5.41) is 9.24. The number of hydrogen-bond donors (Lipinski definition) is 1. The highest BCUT2D eigenvalue weighted by Gasteiger charge is 2.09. The topological polar surface area (TPSA) is 88.9 Å². The SMILES string of the molecule is Cc1nsc(Sc2cncc(C(=O)O)n2)n1. The van der Waals surface area contributed by atoms with Crippen LogP contribution in [0.15, 0.2) is 21.8 Å². The molecule has 2 rings (SSSR count). The van der Waals surface area contributed by atoms with Gasteiger partial charge in [-0.3, -0.25) is 4.98 Å². The monoisotopic (exact) mass is 254 g/mol. The maximum atomic E-state index is 10.7. The summed E-state index contributed by atoms with van der Waals surface area (Å²) in [4.78, 5) is 22.5. The second kappa shape index (κ2) is 4.54. The number of aromatic carboxylic acids is 1. The number of carboxylic acids is 1. The van der Waals surface area contributed by atoms with E-state index in [1.54, 1.807) is 6.92 Å². The number of rotatable bonds is 3. The van der Waals surface area contributed by atoms with E-state index in [1.165, 1.54) is 35.7 Å². The minimum atomic E-state index is -1.09. The molecule has 0 aliphatic heterocycles. The van der Waals surface area contributed by atoms with Crippen LogP contribution >= 0.6 is 23.3 Å². The first kappa shape index (κ1) is 11.0.